The van der Waals surface area contributed by atoms with Crippen LogP contribution in [0.15, 0.2) is 179 Å². The molecule has 2 saturated carbocycles. The molecule has 0 radical (unpaired) electrons. The number of furan rings is 2. The number of anilines is 6. The van der Waals surface area contributed by atoms with Crippen molar-refractivity contribution in [1.29, 1.82) is 0 Å². The van der Waals surface area contributed by atoms with Gasteiger partial charge in [-0.1, -0.05) is 174 Å². The average molecular weight is 937 g/mol. The van der Waals surface area contributed by atoms with E-state index in [-0.39, 0.29) is 0 Å². The highest BCUT2D eigenvalue weighted by molar-refractivity contribution is 6.29. The number of hydrogen-bond donors (Lipinski definition) is 0. The van der Waals surface area contributed by atoms with Crippen LogP contribution < -0.4 is 9.80 Å². The van der Waals surface area contributed by atoms with Crippen molar-refractivity contribution in [3.63, 3.8) is 0 Å². The molecule has 72 heavy (non-hydrogen) atoms. The highest BCUT2D eigenvalue weighted by atomic mass is 16.3. The molecule has 0 saturated heterocycles. The Morgan fingerprint density at radius 1 is 0.347 bits per heavy atom. The summed E-state index contributed by atoms with van der Waals surface area (Å²) in [4.78, 5) is 4.95. The maximum absolute atomic E-state index is 7.05. The Labute approximate surface area is 421 Å². The van der Waals surface area contributed by atoms with Crippen molar-refractivity contribution in [3.05, 3.63) is 192 Å². The molecule has 0 spiro atoms. The predicted molar refractivity (Wildman–Crippen MR) is 304 cm³/mol. The molecule has 2 aromatic heterocycles. The van der Waals surface area contributed by atoms with E-state index in [0.29, 0.717) is 11.8 Å². The summed E-state index contributed by atoms with van der Waals surface area (Å²) in [5.74, 6) is 1.25. The van der Waals surface area contributed by atoms with Crippen molar-refractivity contribution in [2.75, 3.05) is 9.80 Å². The molecule has 2 heterocycles. The van der Waals surface area contributed by atoms with Gasteiger partial charge in [0.2, 0.25) is 0 Å². The third-order valence-corrected chi connectivity index (χ3v) is 17.0. The molecule has 4 heteroatoms. The fraction of sp³-hybridized carbons (Fsp3) is 0.235. The minimum Gasteiger partial charge on any atom is -0.454 e. The van der Waals surface area contributed by atoms with E-state index < -0.39 is 0 Å². The Balaban J connectivity index is 0.993. The lowest BCUT2D eigenvalue weighted by atomic mass is 9.84. The van der Waals surface area contributed by atoms with E-state index in [9.17, 15) is 0 Å². The zero-order valence-corrected chi connectivity index (χ0v) is 41.5. The minimum absolute atomic E-state index is 0.623. The molecule has 0 amide bonds. The van der Waals surface area contributed by atoms with Crippen molar-refractivity contribution >= 4 is 110 Å². The number of hydrogen-bond acceptors (Lipinski definition) is 4. The Morgan fingerprint density at radius 2 is 0.722 bits per heavy atom. The van der Waals surface area contributed by atoms with Crippen LogP contribution in [-0.2, 0) is 12.8 Å². The van der Waals surface area contributed by atoms with Crippen LogP contribution in [0.4, 0.5) is 34.1 Å². The molecule has 0 bridgehead atoms. The molecule has 354 valence electrons. The monoisotopic (exact) mass is 936 g/mol. The van der Waals surface area contributed by atoms with Gasteiger partial charge in [0.25, 0.3) is 0 Å². The summed E-state index contributed by atoms with van der Waals surface area (Å²) in [5, 5.41) is 12.0. The number of benzene rings is 10. The van der Waals surface area contributed by atoms with Gasteiger partial charge >= 0.3 is 0 Å². The van der Waals surface area contributed by atoms with Gasteiger partial charge in [0.1, 0.15) is 11.2 Å². The number of rotatable bonds is 10. The van der Waals surface area contributed by atoms with Gasteiger partial charge in [-0.15, -0.1) is 0 Å². The van der Waals surface area contributed by atoms with Crippen LogP contribution in [0.1, 0.15) is 112 Å². The molecule has 4 nitrogen and oxygen atoms in total. The molecular formula is C68H60N2O2. The Bertz CT molecular complexity index is 3720. The second kappa shape index (κ2) is 17.6. The molecule has 0 atom stereocenters. The minimum atomic E-state index is 0.623. The number of para-hydroxylation sites is 4. The van der Waals surface area contributed by atoms with Crippen LogP contribution in [0.2, 0.25) is 0 Å². The number of fused-ring (bicyclic) bond motifs is 6. The van der Waals surface area contributed by atoms with Crippen molar-refractivity contribution in [3.8, 4) is 0 Å². The van der Waals surface area contributed by atoms with Crippen molar-refractivity contribution < 1.29 is 8.83 Å². The highest BCUT2D eigenvalue weighted by Gasteiger charge is 2.27. The van der Waals surface area contributed by atoms with E-state index >= 15 is 0 Å². The Kier molecular flexibility index (Phi) is 10.6. The van der Waals surface area contributed by atoms with E-state index in [0.717, 1.165) is 80.1 Å². The molecule has 0 aliphatic heterocycles. The molecule has 2 aliphatic carbocycles. The lowest BCUT2D eigenvalue weighted by Gasteiger charge is -2.30. The summed E-state index contributed by atoms with van der Waals surface area (Å²) in [5.41, 5.74) is 15.7. The van der Waals surface area contributed by atoms with Crippen LogP contribution >= 0.6 is 0 Å². The average Bonchev–Trinajstić information content (AvgIpc) is 4.04. The molecule has 2 aliphatic rings. The zero-order valence-electron chi connectivity index (χ0n) is 41.5. The van der Waals surface area contributed by atoms with Crippen LogP contribution in [0.25, 0.3) is 76.2 Å². The molecule has 14 rings (SSSR count). The summed E-state index contributed by atoms with van der Waals surface area (Å²) in [6.07, 6.45) is 14.9. The first kappa shape index (κ1) is 43.2. The van der Waals surface area contributed by atoms with Gasteiger partial charge in [0, 0.05) is 43.7 Å². The van der Waals surface area contributed by atoms with E-state index in [1.54, 1.807) is 0 Å². The quantitative estimate of drug-likeness (QED) is 0.128. The largest absolute Gasteiger partial charge is 0.454 e. The first-order chi connectivity index (χ1) is 35.6. The molecule has 2 fully saturated rings. The molecule has 12 aromatic rings. The summed E-state index contributed by atoms with van der Waals surface area (Å²) >= 11 is 0. The lowest BCUT2D eigenvalue weighted by molar-refractivity contribution is 0.443. The normalized spacial score (nSPS) is 15.1. The van der Waals surface area contributed by atoms with Gasteiger partial charge in [-0.05, 0) is 143 Å². The summed E-state index contributed by atoms with van der Waals surface area (Å²) in [7, 11) is 0. The maximum atomic E-state index is 7.05. The first-order valence-corrected chi connectivity index (χ1v) is 27.0. The lowest BCUT2D eigenvalue weighted by Crippen LogP contribution is -2.12. The fourth-order valence-electron chi connectivity index (χ4n) is 13.3. The summed E-state index contributed by atoms with van der Waals surface area (Å²) in [6, 6.07) is 64.3. The smallest absolute Gasteiger partial charge is 0.159 e. The van der Waals surface area contributed by atoms with Gasteiger partial charge in [0.15, 0.2) is 11.2 Å². The predicted octanol–water partition coefficient (Wildman–Crippen LogP) is 20.5. The van der Waals surface area contributed by atoms with Crippen LogP contribution in [0, 0.1) is 0 Å². The van der Waals surface area contributed by atoms with Gasteiger partial charge in [-0.3, -0.25) is 0 Å². The van der Waals surface area contributed by atoms with Gasteiger partial charge in [0.05, 0.1) is 22.7 Å². The second-order valence-corrected chi connectivity index (χ2v) is 20.9. The number of nitrogens with zero attached hydrogens (tertiary/aromatic N) is 2. The van der Waals surface area contributed by atoms with Crippen molar-refractivity contribution in [2.45, 2.75) is 103 Å². The Morgan fingerprint density at radius 3 is 1.12 bits per heavy atom. The van der Waals surface area contributed by atoms with Crippen LogP contribution in [-0.4, -0.2) is 0 Å². The molecule has 10 aromatic carbocycles. The zero-order chi connectivity index (χ0) is 47.9. The van der Waals surface area contributed by atoms with Crippen molar-refractivity contribution in [1.82, 2.24) is 0 Å². The van der Waals surface area contributed by atoms with E-state index in [2.05, 4.69) is 194 Å². The second-order valence-electron chi connectivity index (χ2n) is 20.9. The first-order valence-electron chi connectivity index (χ1n) is 27.0. The third kappa shape index (κ3) is 6.93. The standard InChI is InChI=1S/C68H60N2O2/c1-3-43-19-11-21-53-55-23-13-25-61(67(55)71-65(43)53)69(51-35-27-47(28-36-51)45-15-7-5-8-16-45)59-41-33-49-32-40-58-60(42-34-50-31-39-57(59)63(49)64(50)58)70(52-37-29-48(30-38-52)46-17-9-6-10-18-46)62-26-14-24-56-54-22-12-20-44(4-2)66(54)72-68(56)62/h11-14,19-42,45-46H,3-10,15-18H2,1-2H3. The van der Waals surface area contributed by atoms with Crippen molar-refractivity contribution in [2.24, 2.45) is 0 Å². The topological polar surface area (TPSA) is 32.8 Å². The van der Waals surface area contributed by atoms with Gasteiger partial charge in [-0.25, -0.2) is 0 Å². The highest BCUT2D eigenvalue weighted by Crippen LogP contribution is 2.51. The molecule has 0 N–H and O–H groups in total. The fourth-order valence-corrected chi connectivity index (χ4v) is 13.3. The van der Waals surface area contributed by atoms with E-state index in [1.807, 2.05) is 0 Å². The summed E-state index contributed by atoms with van der Waals surface area (Å²) < 4.78 is 14.1. The van der Waals surface area contributed by atoms with Crippen LogP contribution in [0.3, 0.4) is 0 Å². The summed E-state index contributed by atoms with van der Waals surface area (Å²) in [6.45, 7) is 4.43. The molecular weight excluding hydrogens is 877 g/mol. The molecule has 0 unspecified atom stereocenters. The van der Waals surface area contributed by atoms with Crippen LogP contribution in [0.5, 0.6) is 0 Å². The SMILES string of the molecule is CCc1cccc2c1oc1c(N(c3ccc(C4CCCCC4)cc3)c3ccc4ccc5c(N(c6ccc(C7CCCCC7)cc6)c6cccc7c6oc6c(CC)cccc67)ccc6ccc3c4c65)cccc12. The number of aryl methyl sites for hydroxylation is 2. The maximum Gasteiger partial charge on any atom is 0.159 e. The van der Waals surface area contributed by atoms with Gasteiger partial charge in [-0.2, -0.15) is 0 Å². The van der Waals surface area contributed by atoms with Gasteiger partial charge < -0.3 is 18.6 Å². The third-order valence-electron chi connectivity index (χ3n) is 17.0. The Hall–Kier alpha value is -7.56. The van der Waals surface area contributed by atoms with E-state index in [4.69, 9.17) is 8.83 Å². The van der Waals surface area contributed by atoms with E-state index in [1.165, 1.54) is 130 Å².